The zero-order valence-electron chi connectivity index (χ0n) is 28.9. The van der Waals surface area contributed by atoms with Crippen molar-refractivity contribution in [3.63, 3.8) is 0 Å². The molecule has 0 aliphatic heterocycles. The van der Waals surface area contributed by atoms with E-state index in [0.717, 1.165) is 47.6 Å². The number of carbonyl (C=O) groups excluding carboxylic acids is 2. The number of rotatable bonds is 20. The van der Waals surface area contributed by atoms with Crippen LogP contribution in [0.25, 0.3) is 0 Å². The zero-order chi connectivity index (χ0) is 34.4. The second-order valence-corrected chi connectivity index (χ2v) is 13.0. The van der Waals surface area contributed by atoms with Crippen LogP contribution in [-0.4, -0.2) is 90.1 Å². The molecule has 48 heavy (non-hydrogen) atoms. The second kappa shape index (κ2) is 18.6. The van der Waals surface area contributed by atoms with Crippen LogP contribution in [0.5, 0.6) is 0 Å². The van der Waals surface area contributed by atoms with Crippen molar-refractivity contribution in [2.24, 2.45) is 7.05 Å². The zero-order valence-corrected chi connectivity index (χ0v) is 28.9. The molecule has 2 heterocycles. The predicted octanol–water partition coefficient (Wildman–Crippen LogP) is 4.35. The Morgan fingerprint density at radius 2 is 1.69 bits per heavy atom. The van der Waals surface area contributed by atoms with E-state index in [1.807, 2.05) is 56.7 Å². The van der Waals surface area contributed by atoms with Crippen LogP contribution in [0.1, 0.15) is 85.5 Å². The first-order valence-corrected chi connectivity index (χ1v) is 16.7. The number of amides is 2. The number of ether oxygens (including phenoxy) is 4. The molecule has 13 nitrogen and oxygen atoms in total. The van der Waals surface area contributed by atoms with Crippen molar-refractivity contribution in [2.45, 2.75) is 70.9 Å². The van der Waals surface area contributed by atoms with E-state index in [1.165, 1.54) is 0 Å². The number of nitrogens with one attached hydrogen (secondary N) is 3. The molecule has 1 aliphatic rings. The molecule has 1 aliphatic carbocycles. The molecule has 0 saturated heterocycles. The number of aryl methyl sites for hydroxylation is 1. The van der Waals surface area contributed by atoms with E-state index in [9.17, 15) is 9.59 Å². The van der Waals surface area contributed by atoms with Crippen LogP contribution in [-0.2, 0) is 39.0 Å². The van der Waals surface area contributed by atoms with Crippen molar-refractivity contribution >= 4 is 17.7 Å². The Hall–Kier alpha value is -3.91. The van der Waals surface area contributed by atoms with Crippen molar-refractivity contribution in [1.29, 1.82) is 0 Å². The highest BCUT2D eigenvalue weighted by atomic mass is 16.6. The number of benzene rings is 1. The van der Waals surface area contributed by atoms with Gasteiger partial charge in [0, 0.05) is 50.4 Å². The number of anilines is 1. The van der Waals surface area contributed by atoms with Gasteiger partial charge in [0.2, 0.25) is 0 Å². The lowest BCUT2D eigenvalue weighted by molar-refractivity contribution is 0.0145. The molecule has 1 atom stereocenters. The number of alkyl carbamates (subject to hydrolysis) is 1. The maximum absolute atomic E-state index is 13.2. The Morgan fingerprint density at radius 3 is 2.35 bits per heavy atom. The van der Waals surface area contributed by atoms with Gasteiger partial charge >= 0.3 is 6.09 Å². The van der Waals surface area contributed by atoms with E-state index < -0.39 is 11.7 Å². The summed E-state index contributed by atoms with van der Waals surface area (Å²) in [4.78, 5) is 29.6. The summed E-state index contributed by atoms with van der Waals surface area (Å²) >= 11 is 0. The normalized spacial score (nSPS) is 13.7. The van der Waals surface area contributed by atoms with Gasteiger partial charge in [-0.1, -0.05) is 25.1 Å². The van der Waals surface area contributed by atoms with Gasteiger partial charge in [-0.2, -0.15) is 0 Å². The third-order valence-electron chi connectivity index (χ3n) is 7.61. The average Bonchev–Trinajstić information content (AvgIpc) is 3.82. The van der Waals surface area contributed by atoms with Crippen molar-refractivity contribution in [3.05, 3.63) is 71.1 Å². The van der Waals surface area contributed by atoms with Crippen LogP contribution in [0.3, 0.4) is 0 Å². The molecule has 1 fully saturated rings. The molecule has 0 bridgehead atoms. The van der Waals surface area contributed by atoms with Crippen LogP contribution in [0.4, 0.5) is 10.5 Å². The lowest BCUT2D eigenvalue weighted by Gasteiger charge is -2.19. The molecule has 1 saturated carbocycles. The molecule has 2 aromatic heterocycles. The third kappa shape index (κ3) is 12.9. The Balaban J connectivity index is 1.10. The van der Waals surface area contributed by atoms with Crippen molar-refractivity contribution in [3.8, 4) is 0 Å². The van der Waals surface area contributed by atoms with E-state index in [0.29, 0.717) is 70.9 Å². The quantitative estimate of drug-likeness (QED) is 0.149. The summed E-state index contributed by atoms with van der Waals surface area (Å²) in [6, 6.07) is 11.7. The maximum Gasteiger partial charge on any atom is 0.407 e. The van der Waals surface area contributed by atoms with Crippen molar-refractivity contribution in [1.82, 2.24) is 30.4 Å². The summed E-state index contributed by atoms with van der Waals surface area (Å²) in [6.07, 6.45) is 4.19. The van der Waals surface area contributed by atoms with Crippen LogP contribution >= 0.6 is 0 Å². The molecule has 4 rings (SSSR count). The fourth-order valence-electron chi connectivity index (χ4n) is 4.94. The smallest absolute Gasteiger partial charge is 0.407 e. The van der Waals surface area contributed by atoms with Crippen LogP contribution in [0, 0.1) is 0 Å². The van der Waals surface area contributed by atoms with Crippen molar-refractivity contribution < 1.29 is 28.5 Å². The van der Waals surface area contributed by atoms with Gasteiger partial charge in [0.25, 0.3) is 5.91 Å². The number of aromatic nitrogens is 4. The standard InChI is InChI=1S/C35H51N7O6/c1-25(21-31-41-38-24-42(31)5)27-7-6-8-29(22-27)39-33(43)30-12-11-28(32(40-30)26-9-10-26)23-36-13-15-45-17-19-47-20-18-46-16-14-37-34(44)48-35(2,3)4/h6-8,11-12,22,24-26,36H,9-10,13-21,23H2,1-5H3,(H,37,44)(H,39,43)/t25-/m1/s1. The molecule has 262 valence electrons. The van der Waals surface area contributed by atoms with Gasteiger partial charge in [-0.15, -0.1) is 10.2 Å². The Morgan fingerprint density at radius 1 is 0.979 bits per heavy atom. The molecule has 13 heteroatoms. The SMILES string of the molecule is C[C@H](Cc1nncn1C)c1cccc(NC(=O)c2ccc(CNCCOCCOCCOCCNC(=O)OC(C)(C)C)c(C3CC3)n2)c1. The highest BCUT2D eigenvalue weighted by Gasteiger charge is 2.28. The van der Waals surface area contributed by atoms with Gasteiger partial charge in [0.05, 0.1) is 39.6 Å². The maximum atomic E-state index is 13.2. The van der Waals surface area contributed by atoms with Gasteiger partial charge in [0.1, 0.15) is 23.4 Å². The summed E-state index contributed by atoms with van der Waals surface area (Å²) in [6.45, 7) is 12.1. The third-order valence-corrected chi connectivity index (χ3v) is 7.61. The molecule has 3 N–H and O–H groups in total. The number of hydrogen-bond donors (Lipinski definition) is 3. The Bertz CT molecular complexity index is 1450. The van der Waals surface area contributed by atoms with E-state index in [-0.39, 0.29) is 11.8 Å². The van der Waals surface area contributed by atoms with Gasteiger partial charge in [-0.3, -0.25) is 4.79 Å². The minimum atomic E-state index is -0.517. The van der Waals surface area contributed by atoms with Crippen LogP contribution in [0.15, 0.2) is 42.7 Å². The van der Waals surface area contributed by atoms with Gasteiger partial charge in [-0.05, 0) is 68.9 Å². The fourth-order valence-corrected chi connectivity index (χ4v) is 4.94. The summed E-state index contributed by atoms with van der Waals surface area (Å²) in [5, 5.41) is 17.3. The fraction of sp³-hybridized carbons (Fsp3) is 0.571. The summed E-state index contributed by atoms with van der Waals surface area (Å²) in [5.74, 6) is 1.32. The molecule has 0 unspecified atom stereocenters. The first-order chi connectivity index (χ1) is 23.1. The average molecular weight is 666 g/mol. The van der Waals surface area contributed by atoms with E-state index >= 15 is 0 Å². The monoisotopic (exact) mass is 665 g/mol. The van der Waals surface area contributed by atoms with E-state index in [1.54, 1.807) is 12.4 Å². The molecule has 0 spiro atoms. The Labute approximate surface area is 283 Å². The molecule has 2 amide bonds. The predicted molar refractivity (Wildman–Crippen MR) is 182 cm³/mol. The number of nitrogens with zero attached hydrogens (tertiary/aromatic N) is 4. The molecule has 1 aromatic carbocycles. The van der Waals surface area contributed by atoms with Crippen LogP contribution < -0.4 is 16.0 Å². The van der Waals surface area contributed by atoms with E-state index in [4.69, 9.17) is 23.9 Å². The van der Waals surface area contributed by atoms with Crippen molar-refractivity contribution in [2.75, 3.05) is 58.0 Å². The van der Waals surface area contributed by atoms with Gasteiger partial charge in [0.15, 0.2) is 0 Å². The first-order valence-electron chi connectivity index (χ1n) is 16.7. The largest absolute Gasteiger partial charge is 0.444 e. The van der Waals surface area contributed by atoms with E-state index in [2.05, 4.69) is 39.1 Å². The van der Waals surface area contributed by atoms with Gasteiger partial charge in [-0.25, -0.2) is 9.78 Å². The minimum Gasteiger partial charge on any atom is -0.444 e. The van der Waals surface area contributed by atoms with Crippen LogP contribution in [0.2, 0.25) is 0 Å². The highest BCUT2D eigenvalue weighted by Crippen LogP contribution is 2.40. The second-order valence-electron chi connectivity index (χ2n) is 13.0. The topological polar surface area (TPSA) is 151 Å². The number of hydrogen-bond acceptors (Lipinski definition) is 10. The molecule has 0 radical (unpaired) electrons. The number of pyridine rings is 1. The number of carbonyl (C=O) groups is 2. The summed E-state index contributed by atoms with van der Waals surface area (Å²) in [7, 11) is 1.94. The van der Waals surface area contributed by atoms with Gasteiger partial charge < -0.3 is 39.5 Å². The molecular formula is C35H51N7O6. The first kappa shape index (κ1) is 36.9. The highest BCUT2D eigenvalue weighted by molar-refractivity contribution is 6.03. The summed E-state index contributed by atoms with van der Waals surface area (Å²) < 4.78 is 23.7. The lowest BCUT2D eigenvalue weighted by atomic mass is 9.97. The molecule has 3 aromatic rings. The lowest BCUT2D eigenvalue weighted by Crippen LogP contribution is -2.34. The molecular weight excluding hydrogens is 614 g/mol. The minimum absolute atomic E-state index is 0.216. The Kier molecular flexibility index (Phi) is 14.3. The summed E-state index contributed by atoms with van der Waals surface area (Å²) in [5.41, 5.74) is 3.87.